The summed E-state index contributed by atoms with van der Waals surface area (Å²) in [6.45, 7) is 3.57. The summed E-state index contributed by atoms with van der Waals surface area (Å²) >= 11 is 0. The minimum atomic E-state index is -0.550. The molecule has 1 aromatic carbocycles. The van der Waals surface area contributed by atoms with Crippen LogP contribution in [0.1, 0.15) is 45.1 Å². The topological polar surface area (TPSA) is 91.8 Å². The van der Waals surface area contributed by atoms with Crippen molar-refractivity contribution < 1.29 is 9.59 Å². The van der Waals surface area contributed by atoms with E-state index in [1.165, 1.54) is 0 Å². The number of fused-ring (bicyclic) bond motifs is 1. The number of hydrogen-bond acceptors (Lipinski definition) is 5. The first kappa shape index (κ1) is 11.5. The van der Waals surface area contributed by atoms with Crippen molar-refractivity contribution in [1.82, 2.24) is 25.5 Å². The zero-order chi connectivity index (χ0) is 13.6. The molecule has 7 heteroatoms. The Hall–Kier alpha value is -2.57. The molecule has 19 heavy (non-hydrogen) atoms. The van der Waals surface area contributed by atoms with E-state index >= 15 is 0 Å². The Bertz CT molecular complexity index is 665. The van der Waals surface area contributed by atoms with Crippen LogP contribution in [0.5, 0.6) is 0 Å². The summed E-state index contributed by atoms with van der Waals surface area (Å²) in [5, 5.41) is 13.4. The first-order chi connectivity index (χ1) is 9.09. The van der Waals surface area contributed by atoms with Crippen molar-refractivity contribution in [3.05, 3.63) is 40.7 Å². The quantitative estimate of drug-likeness (QED) is 0.806. The highest BCUT2D eigenvalue weighted by Crippen LogP contribution is 2.30. The molecule has 0 radical (unpaired) electrons. The summed E-state index contributed by atoms with van der Waals surface area (Å²) in [6.07, 6.45) is 0. The molecule has 0 saturated carbocycles. The fourth-order valence-corrected chi connectivity index (χ4v) is 2.19. The molecular weight excluding hydrogens is 246 g/mol. The number of imide groups is 1. The van der Waals surface area contributed by atoms with Crippen LogP contribution >= 0.6 is 0 Å². The van der Waals surface area contributed by atoms with E-state index in [0.717, 1.165) is 10.5 Å². The van der Waals surface area contributed by atoms with E-state index in [1.54, 1.807) is 19.1 Å². The zero-order valence-electron chi connectivity index (χ0n) is 10.4. The first-order valence-electron chi connectivity index (χ1n) is 5.81. The molecule has 2 heterocycles. The van der Waals surface area contributed by atoms with Gasteiger partial charge in [-0.3, -0.25) is 14.5 Å². The van der Waals surface area contributed by atoms with Crippen molar-refractivity contribution in [2.24, 2.45) is 0 Å². The van der Waals surface area contributed by atoms with E-state index in [-0.39, 0.29) is 11.8 Å². The van der Waals surface area contributed by atoms with Crippen LogP contribution in [0.2, 0.25) is 0 Å². The molecule has 1 aromatic heterocycles. The van der Waals surface area contributed by atoms with Crippen molar-refractivity contribution in [2.45, 2.75) is 19.9 Å². The van der Waals surface area contributed by atoms with Gasteiger partial charge in [-0.05, 0) is 26.0 Å². The van der Waals surface area contributed by atoms with E-state index in [4.69, 9.17) is 0 Å². The lowest BCUT2D eigenvalue weighted by Gasteiger charge is -2.18. The number of carbonyl (C=O) groups excluding carboxylic acids is 2. The Balaban J connectivity index is 2.03. The molecule has 0 bridgehead atoms. The average Bonchev–Trinajstić information content (AvgIpc) is 2.98. The van der Waals surface area contributed by atoms with Gasteiger partial charge in [-0.15, -0.1) is 10.2 Å². The standard InChI is InChI=1S/C12H11N5O2/c1-6-3-4-8-9(5-6)12(19)17(11(8)18)7(2)10-13-15-16-14-10/h3-5,7H,1-2H3,(H,13,14,15,16). The van der Waals surface area contributed by atoms with Gasteiger partial charge in [0, 0.05) is 0 Å². The highest BCUT2D eigenvalue weighted by Gasteiger charge is 2.40. The van der Waals surface area contributed by atoms with Gasteiger partial charge in [-0.1, -0.05) is 16.8 Å². The maximum Gasteiger partial charge on any atom is 0.262 e. The summed E-state index contributed by atoms with van der Waals surface area (Å²) in [5.74, 6) is -0.329. The number of nitrogens with one attached hydrogen (secondary N) is 1. The zero-order valence-corrected chi connectivity index (χ0v) is 10.4. The molecule has 2 aromatic rings. The van der Waals surface area contributed by atoms with E-state index in [1.807, 2.05) is 13.0 Å². The number of tetrazole rings is 1. The molecule has 1 N–H and O–H groups in total. The largest absolute Gasteiger partial charge is 0.269 e. The van der Waals surface area contributed by atoms with Gasteiger partial charge in [-0.2, -0.15) is 5.21 Å². The van der Waals surface area contributed by atoms with Gasteiger partial charge in [0.25, 0.3) is 11.8 Å². The molecule has 0 fully saturated rings. The predicted molar refractivity (Wildman–Crippen MR) is 64.3 cm³/mol. The number of rotatable bonds is 2. The number of carbonyl (C=O) groups is 2. The second kappa shape index (κ2) is 3.98. The molecule has 7 nitrogen and oxygen atoms in total. The molecule has 0 aliphatic carbocycles. The minimum absolute atomic E-state index is 0.311. The van der Waals surface area contributed by atoms with Crippen LogP contribution in [0.15, 0.2) is 18.2 Å². The lowest BCUT2D eigenvalue weighted by molar-refractivity contribution is 0.0589. The molecular formula is C12H11N5O2. The van der Waals surface area contributed by atoms with Crippen molar-refractivity contribution in [2.75, 3.05) is 0 Å². The third-order valence-corrected chi connectivity index (χ3v) is 3.20. The molecule has 1 aliphatic heterocycles. The van der Waals surface area contributed by atoms with Gasteiger partial charge >= 0.3 is 0 Å². The molecule has 3 rings (SSSR count). The van der Waals surface area contributed by atoms with Crippen LogP contribution in [0.4, 0.5) is 0 Å². The van der Waals surface area contributed by atoms with E-state index in [0.29, 0.717) is 17.0 Å². The number of aryl methyl sites for hydroxylation is 1. The Morgan fingerprint density at radius 2 is 1.95 bits per heavy atom. The predicted octanol–water partition coefficient (Wildman–Crippen LogP) is 0.865. The van der Waals surface area contributed by atoms with Crippen LogP contribution in [0.25, 0.3) is 0 Å². The van der Waals surface area contributed by atoms with Crippen LogP contribution in [-0.4, -0.2) is 37.3 Å². The fraction of sp³-hybridized carbons (Fsp3) is 0.250. The van der Waals surface area contributed by atoms with Gasteiger partial charge in [-0.25, -0.2) is 0 Å². The second-order valence-electron chi connectivity index (χ2n) is 4.48. The van der Waals surface area contributed by atoms with Gasteiger partial charge in [0.1, 0.15) is 6.04 Å². The highest BCUT2D eigenvalue weighted by atomic mass is 16.2. The van der Waals surface area contributed by atoms with Crippen molar-refractivity contribution in [3.8, 4) is 0 Å². The van der Waals surface area contributed by atoms with Crippen molar-refractivity contribution in [1.29, 1.82) is 0 Å². The minimum Gasteiger partial charge on any atom is -0.269 e. The molecule has 0 spiro atoms. The molecule has 96 valence electrons. The first-order valence-corrected chi connectivity index (χ1v) is 5.81. The number of aromatic nitrogens is 4. The van der Waals surface area contributed by atoms with Crippen LogP contribution in [-0.2, 0) is 0 Å². The SMILES string of the molecule is Cc1ccc2c(c1)C(=O)N(C(C)c1nn[nH]n1)C2=O. The van der Waals surface area contributed by atoms with Gasteiger partial charge < -0.3 is 0 Å². The molecule has 1 aliphatic rings. The summed E-state index contributed by atoms with van der Waals surface area (Å²) in [5.41, 5.74) is 1.79. The normalized spacial score (nSPS) is 15.8. The van der Waals surface area contributed by atoms with Crippen LogP contribution in [0, 0.1) is 6.92 Å². The third-order valence-electron chi connectivity index (χ3n) is 3.20. The third kappa shape index (κ3) is 1.62. The number of benzene rings is 1. The summed E-state index contributed by atoms with van der Waals surface area (Å²) in [6, 6.07) is 4.66. The maximum atomic E-state index is 12.3. The van der Waals surface area contributed by atoms with E-state index in [9.17, 15) is 9.59 Å². The van der Waals surface area contributed by atoms with Gasteiger partial charge in [0.05, 0.1) is 11.1 Å². The summed E-state index contributed by atoms with van der Waals surface area (Å²) in [4.78, 5) is 25.8. The maximum absolute atomic E-state index is 12.3. The number of aromatic amines is 1. The molecule has 0 saturated heterocycles. The van der Waals surface area contributed by atoms with Crippen LogP contribution < -0.4 is 0 Å². The second-order valence-corrected chi connectivity index (χ2v) is 4.48. The van der Waals surface area contributed by atoms with Crippen LogP contribution in [0.3, 0.4) is 0 Å². The Morgan fingerprint density at radius 3 is 2.63 bits per heavy atom. The average molecular weight is 257 g/mol. The smallest absolute Gasteiger partial charge is 0.262 e. The Labute approximate surface area is 108 Å². The number of hydrogen-bond donors (Lipinski definition) is 1. The lowest BCUT2D eigenvalue weighted by atomic mass is 10.1. The molecule has 1 unspecified atom stereocenters. The Kier molecular flexibility index (Phi) is 2.41. The number of amides is 2. The summed E-state index contributed by atoms with van der Waals surface area (Å²) in [7, 11) is 0. The van der Waals surface area contributed by atoms with Gasteiger partial charge in [0.2, 0.25) is 0 Å². The Morgan fingerprint density at radius 1 is 1.21 bits per heavy atom. The molecule has 2 amide bonds. The highest BCUT2D eigenvalue weighted by molar-refractivity contribution is 6.21. The van der Waals surface area contributed by atoms with E-state index in [2.05, 4.69) is 20.6 Å². The van der Waals surface area contributed by atoms with Crippen molar-refractivity contribution in [3.63, 3.8) is 0 Å². The van der Waals surface area contributed by atoms with E-state index < -0.39 is 6.04 Å². The van der Waals surface area contributed by atoms with Gasteiger partial charge in [0.15, 0.2) is 5.82 Å². The number of nitrogens with zero attached hydrogens (tertiary/aromatic N) is 4. The lowest BCUT2D eigenvalue weighted by Crippen LogP contribution is -2.33. The summed E-state index contributed by atoms with van der Waals surface area (Å²) < 4.78 is 0. The molecule has 1 atom stereocenters. The monoisotopic (exact) mass is 257 g/mol. The fourth-order valence-electron chi connectivity index (χ4n) is 2.19. The van der Waals surface area contributed by atoms with Crippen molar-refractivity contribution >= 4 is 11.8 Å². The number of H-pyrrole nitrogens is 1.